The Hall–Kier alpha value is -2.37. The van der Waals surface area contributed by atoms with E-state index in [0.717, 1.165) is 11.3 Å². The number of aryl methyl sites for hydroxylation is 1. The van der Waals surface area contributed by atoms with E-state index in [0.29, 0.717) is 12.4 Å². The van der Waals surface area contributed by atoms with E-state index >= 15 is 0 Å². The molecule has 0 radical (unpaired) electrons. The predicted octanol–water partition coefficient (Wildman–Crippen LogP) is 1.71. The standard InChI is InChI=1S/C12H13N3O3/c1-8-9(3-4-18-8)7-15(2)11-6-13-5-10(14-11)12(16)17/h3-6H,7H2,1-2H3,(H,16,17). The zero-order valence-corrected chi connectivity index (χ0v) is 10.1. The molecule has 0 aromatic carbocycles. The van der Waals surface area contributed by atoms with Crippen LogP contribution in [-0.4, -0.2) is 28.1 Å². The lowest BCUT2D eigenvalue weighted by atomic mass is 10.2. The lowest BCUT2D eigenvalue weighted by Crippen LogP contribution is -2.19. The second-order valence-corrected chi connectivity index (χ2v) is 3.93. The summed E-state index contributed by atoms with van der Waals surface area (Å²) in [7, 11) is 1.82. The van der Waals surface area contributed by atoms with Gasteiger partial charge in [-0.3, -0.25) is 4.98 Å². The van der Waals surface area contributed by atoms with E-state index in [9.17, 15) is 4.79 Å². The molecule has 0 saturated heterocycles. The van der Waals surface area contributed by atoms with Crippen molar-refractivity contribution in [2.24, 2.45) is 0 Å². The van der Waals surface area contributed by atoms with Gasteiger partial charge in [0.25, 0.3) is 0 Å². The fourth-order valence-electron chi connectivity index (χ4n) is 1.55. The van der Waals surface area contributed by atoms with Crippen molar-refractivity contribution < 1.29 is 14.3 Å². The summed E-state index contributed by atoms with van der Waals surface area (Å²) < 4.78 is 5.21. The van der Waals surface area contributed by atoms with Crippen molar-refractivity contribution in [3.8, 4) is 0 Å². The van der Waals surface area contributed by atoms with Crippen LogP contribution < -0.4 is 4.90 Å². The van der Waals surface area contributed by atoms with Crippen LogP contribution in [0, 0.1) is 6.92 Å². The number of hydrogen-bond donors (Lipinski definition) is 1. The van der Waals surface area contributed by atoms with Crippen molar-refractivity contribution in [3.05, 3.63) is 41.7 Å². The van der Waals surface area contributed by atoms with Crippen LogP contribution in [0.25, 0.3) is 0 Å². The molecule has 0 saturated carbocycles. The number of carbonyl (C=O) groups is 1. The van der Waals surface area contributed by atoms with Crippen molar-refractivity contribution in [2.45, 2.75) is 13.5 Å². The van der Waals surface area contributed by atoms with Crippen LogP contribution in [0.15, 0.2) is 29.1 Å². The topological polar surface area (TPSA) is 79.5 Å². The van der Waals surface area contributed by atoms with E-state index < -0.39 is 5.97 Å². The smallest absolute Gasteiger partial charge is 0.356 e. The molecule has 2 aromatic rings. The summed E-state index contributed by atoms with van der Waals surface area (Å²) in [4.78, 5) is 20.5. The first-order valence-electron chi connectivity index (χ1n) is 5.37. The van der Waals surface area contributed by atoms with Crippen LogP contribution in [0.2, 0.25) is 0 Å². The van der Waals surface area contributed by atoms with Crippen molar-refractivity contribution in [1.82, 2.24) is 9.97 Å². The lowest BCUT2D eigenvalue weighted by Gasteiger charge is -2.17. The molecule has 6 nitrogen and oxygen atoms in total. The molecule has 2 rings (SSSR count). The molecule has 0 bridgehead atoms. The quantitative estimate of drug-likeness (QED) is 0.886. The molecule has 0 amide bonds. The highest BCUT2D eigenvalue weighted by Gasteiger charge is 2.11. The Morgan fingerprint density at radius 1 is 1.50 bits per heavy atom. The monoisotopic (exact) mass is 247 g/mol. The molecule has 94 valence electrons. The van der Waals surface area contributed by atoms with Crippen LogP contribution in [-0.2, 0) is 6.54 Å². The first-order chi connectivity index (χ1) is 8.58. The van der Waals surface area contributed by atoms with E-state index in [1.807, 2.05) is 24.9 Å². The fourth-order valence-corrected chi connectivity index (χ4v) is 1.55. The summed E-state index contributed by atoms with van der Waals surface area (Å²) in [6.07, 6.45) is 4.38. The Balaban J connectivity index is 2.18. The molecule has 2 heterocycles. The predicted molar refractivity (Wildman–Crippen MR) is 64.5 cm³/mol. The van der Waals surface area contributed by atoms with Gasteiger partial charge in [-0.15, -0.1) is 0 Å². The van der Waals surface area contributed by atoms with Gasteiger partial charge < -0.3 is 14.4 Å². The van der Waals surface area contributed by atoms with Crippen molar-refractivity contribution in [3.63, 3.8) is 0 Å². The van der Waals surface area contributed by atoms with Crippen LogP contribution in [0.1, 0.15) is 21.8 Å². The Morgan fingerprint density at radius 3 is 2.89 bits per heavy atom. The molecule has 0 aliphatic carbocycles. The number of nitrogens with zero attached hydrogens (tertiary/aromatic N) is 3. The molecule has 0 aliphatic heterocycles. The number of aromatic carboxylic acids is 1. The molecule has 0 spiro atoms. The maximum atomic E-state index is 10.8. The second-order valence-electron chi connectivity index (χ2n) is 3.93. The largest absolute Gasteiger partial charge is 0.476 e. The first kappa shape index (κ1) is 12.1. The number of aromatic nitrogens is 2. The lowest BCUT2D eigenvalue weighted by molar-refractivity contribution is 0.0690. The van der Waals surface area contributed by atoms with Crippen LogP contribution in [0.4, 0.5) is 5.82 Å². The molecule has 0 atom stereocenters. The van der Waals surface area contributed by atoms with Gasteiger partial charge in [0.1, 0.15) is 11.6 Å². The fraction of sp³-hybridized carbons (Fsp3) is 0.250. The summed E-state index contributed by atoms with van der Waals surface area (Å²) in [6, 6.07) is 1.88. The highest BCUT2D eigenvalue weighted by atomic mass is 16.4. The van der Waals surface area contributed by atoms with E-state index in [-0.39, 0.29) is 5.69 Å². The third-order valence-electron chi connectivity index (χ3n) is 2.61. The summed E-state index contributed by atoms with van der Waals surface area (Å²) in [6.45, 7) is 2.46. The van der Waals surface area contributed by atoms with Gasteiger partial charge in [-0.05, 0) is 13.0 Å². The zero-order valence-electron chi connectivity index (χ0n) is 10.1. The molecule has 1 N–H and O–H groups in total. The van der Waals surface area contributed by atoms with Crippen molar-refractivity contribution in [1.29, 1.82) is 0 Å². The van der Waals surface area contributed by atoms with E-state index in [1.54, 1.807) is 6.26 Å². The summed E-state index contributed by atoms with van der Waals surface area (Å²) >= 11 is 0. The maximum absolute atomic E-state index is 10.8. The second kappa shape index (κ2) is 4.87. The van der Waals surface area contributed by atoms with Gasteiger partial charge >= 0.3 is 5.97 Å². The highest BCUT2D eigenvalue weighted by molar-refractivity contribution is 5.85. The minimum atomic E-state index is -1.09. The van der Waals surface area contributed by atoms with Crippen LogP contribution in [0.5, 0.6) is 0 Å². The highest BCUT2D eigenvalue weighted by Crippen LogP contribution is 2.15. The number of rotatable bonds is 4. The van der Waals surface area contributed by atoms with Gasteiger partial charge in [-0.1, -0.05) is 0 Å². The zero-order chi connectivity index (χ0) is 13.1. The van der Waals surface area contributed by atoms with Crippen molar-refractivity contribution >= 4 is 11.8 Å². The summed E-state index contributed by atoms with van der Waals surface area (Å²) in [5, 5.41) is 8.86. The van der Waals surface area contributed by atoms with E-state index in [4.69, 9.17) is 9.52 Å². The Labute approximate surface area is 104 Å². The molecular formula is C12H13N3O3. The molecule has 2 aromatic heterocycles. The average molecular weight is 247 g/mol. The Morgan fingerprint density at radius 2 is 2.28 bits per heavy atom. The minimum absolute atomic E-state index is 0.0664. The van der Waals surface area contributed by atoms with Crippen LogP contribution >= 0.6 is 0 Å². The third kappa shape index (κ3) is 2.48. The van der Waals surface area contributed by atoms with E-state index in [1.165, 1.54) is 12.4 Å². The molecule has 0 fully saturated rings. The van der Waals surface area contributed by atoms with Gasteiger partial charge in [-0.25, -0.2) is 9.78 Å². The molecule has 0 unspecified atom stereocenters. The maximum Gasteiger partial charge on any atom is 0.356 e. The van der Waals surface area contributed by atoms with Gasteiger partial charge in [0, 0.05) is 19.2 Å². The van der Waals surface area contributed by atoms with Crippen LogP contribution in [0.3, 0.4) is 0 Å². The molecule has 6 heteroatoms. The van der Waals surface area contributed by atoms with E-state index in [2.05, 4.69) is 9.97 Å². The SMILES string of the molecule is Cc1occc1CN(C)c1cncc(C(=O)O)n1. The summed E-state index contributed by atoms with van der Waals surface area (Å²) in [5.41, 5.74) is 0.961. The summed E-state index contributed by atoms with van der Waals surface area (Å²) in [5.74, 6) is 0.261. The molecule has 0 aliphatic rings. The van der Waals surface area contributed by atoms with Gasteiger partial charge in [-0.2, -0.15) is 0 Å². The number of anilines is 1. The Bertz CT molecular complexity index is 565. The van der Waals surface area contributed by atoms with Gasteiger partial charge in [0.2, 0.25) is 0 Å². The normalized spacial score (nSPS) is 10.3. The number of carboxylic acid groups (broad SMARTS) is 1. The third-order valence-corrected chi connectivity index (χ3v) is 2.61. The molecule has 18 heavy (non-hydrogen) atoms. The molecular weight excluding hydrogens is 234 g/mol. The van der Waals surface area contributed by atoms with Gasteiger partial charge in [0.05, 0.1) is 18.7 Å². The van der Waals surface area contributed by atoms with Crippen molar-refractivity contribution in [2.75, 3.05) is 11.9 Å². The van der Waals surface area contributed by atoms with Gasteiger partial charge in [0.15, 0.2) is 5.69 Å². The Kier molecular flexibility index (Phi) is 3.27. The number of furan rings is 1. The first-order valence-corrected chi connectivity index (χ1v) is 5.37. The number of carboxylic acids is 1. The number of hydrogen-bond acceptors (Lipinski definition) is 5. The minimum Gasteiger partial charge on any atom is -0.476 e. The average Bonchev–Trinajstić information content (AvgIpc) is 2.75.